The van der Waals surface area contributed by atoms with E-state index in [1.807, 2.05) is 19.4 Å². The summed E-state index contributed by atoms with van der Waals surface area (Å²) < 4.78 is -0.435. The summed E-state index contributed by atoms with van der Waals surface area (Å²) in [4.78, 5) is 12.1. The number of carbonyl (C=O) groups is 1. The monoisotopic (exact) mass is 282 g/mol. The first-order valence-electron chi connectivity index (χ1n) is 6.17. The molecule has 1 atom stereocenters. The number of hydrogen-bond donors (Lipinski definition) is 0. The van der Waals surface area contributed by atoms with Crippen molar-refractivity contribution < 1.29 is 4.79 Å². The molecule has 0 saturated heterocycles. The van der Waals surface area contributed by atoms with Crippen LogP contribution in [0.15, 0.2) is 24.3 Å². The lowest BCUT2D eigenvalue weighted by Crippen LogP contribution is -2.26. The Kier molecular flexibility index (Phi) is 5.80. The minimum absolute atomic E-state index is 0.214. The molecular formula is C15H22OS2. The highest BCUT2D eigenvalue weighted by molar-refractivity contribution is 8.15. The van der Waals surface area contributed by atoms with Crippen LogP contribution in [0.1, 0.15) is 31.9 Å². The molecule has 0 heterocycles. The number of benzene rings is 1. The molecule has 100 valence electrons. The van der Waals surface area contributed by atoms with E-state index in [0.717, 1.165) is 12.0 Å². The van der Waals surface area contributed by atoms with Gasteiger partial charge in [-0.3, -0.25) is 4.79 Å². The van der Waals surface area contributed by atoms with Gasteiger partial charge in [0, 0.05) is 0 Å². The largest absolute Gasteiger partial charge is 0.285 e. The Balaban J connectivity index is 2.98. The maximum atomic E-state index is 12.1. The van der Waals surface area contributed by atoms with Crippen molar-refractivity contribution in [1.82, 2.24) is 0 Å². The predicted octanol–water partition coefficient (Wildman–Crippen LogP) is 4.35. The van der Waals surface area contributed by atoms with E-state index in [4.69, 9.17) is 0 Å². The molecular weight excluding hydrogens is 260 g/mol. The van der Waals surface area contributed by atoms with Gasteiger partial charge in [-0.05, 0) is 42.9 Å². The first-order valence-corrected chi connectivity index (χ1v) is 8.62. The normalized spacial score (nSPS) is 14.6. The van der Waals surface area contributed by atoms with E-state index in [1.54, 1.807) is 11.8 Å². The van der Waals surface area contributed by atoms with Crippen molar-refractivity contribution in [2.24, 2.45) is 5.92 Å². The highest BCUT2D eigenvalue weighted by atomic mass is 32.2. The standard InChI is InChI=1S/C15H22OS2/c1-11(2)10-12-6-8-13(9-7-12)15(3,18-5)14(16)17-4/h6-9,11H,10H2,1-5H3/t15-/m1/s1. The van der Waals surface area contributed by atoms with Crippen molar-refractivity contribution in [2.45, 2.75) is 31.9 Å². The molecule has 0 aliphatic rings. The van der Waals surface area contributed by atoms with E-state index >= 15 is 0 Å². The Hall–Kier alpha value is -0.410. The van der Waals surface area contributed by atoms with Crippen molar-refractivity contribution in [2.75, 3.05) is 12.5 Å². The molecule has 18 heavy (non-hydrogen) atoms. The Bertz CT molecular complexity index is 397. The van der Waals surface area contributed by atoms with E-state index in [0.29, 0.717) is 5.92 Å². The highest BCUT2D eigenvalue weighted by Crippen LogP contribution is 2.38. The topological polar surface area (TPSA) is 17.1 Å². The van der Waals surface area contributed by atoms with Gasteiger partial charge in [0.15, 0.2) is 0 Å². The zero-order chi connectivity index (χ0) is 13.8. The van der Waals surface area contributed by atoms with E-state index in [-0.39, 0.29) is 5.12 Å². The smallest absolute Gasteiger partial charge is 0.208 e. The Morgan fingerprint density at radius 2 is 1.78 bits per heavy atom. The molecule has 0 bridgehead atoms. The van der Waals surface area contributed by atoms with Crippen molar-refractivity contribution in [3.8, 4) is 0 Å². The fraction of sp³-hybridized carbons (Fsp3) is 0.533. The maximum Gasteiger partial charge on any atom is 0.208 e. The minimum atomic E-state index is -0.435. The van der Waals surface area contributed by atoms with Crippen molar-refractivity contribution in [1.29, 1.82) is 0 Å². The third-order valence-corrected chi connectivity index (χ3v) is 5.28. The molecule has 0 radical (unpaired) electrons. The highest BCUT2D eigenvalue weighted by Gasteiger charge is 2.33. The number of hydrogen-bond acceptors (Lipinski definition) is 3. The second kappa shape index (κ2) is 6.67. The fourth-order valence-corrected chi connectivity index (χ4v) is 3.49. The van der Waals surface area contributed by atoms with E-state index in [2.05, 4.69) is 38.1 Å². The quantitative estimate of drug-likeness (QED) is 0.799. The van der Waals surface area contributed by atoms with Gasteiger partial charge in [-0.15, -0.1) is 11.8 Å². The molecule has 0 saturated carbocycles. The van der Waals surface area contributed by atoms with Crippen molar-refractivity contribution in [3.05, 3.63) is 35.4 Å². The average molecular weight is 282 g/mol. The SMILES string of the molecule is CSC(=O)[C@](C)(SC)c1ccc(CC(C)C)cc1. The molecule has 0 amide bonds. The third-order valence-electron chi connectivity index (χ3n) is 3.13. The zero-order valence-electron chi connectivity index (χ0n) is 11.8. The second-order valence-electron chi connectivity index (χ2n) is 5.02. The Morgan fingerprint density at radius 3 is 2.17 bits per heavy atom. The summed E-state index contributed by atoms with van der Waals surface area (Å²) in [5.74, 6) is 0.663. The number of carbonyl (C=O) groups excluding carboxylic acids is 1. The van der Waals surface area contributed by atoms with Crippen LogP contribution in [-0.2, 0) is 16.0 Å². The Labute approximate surface area is 119 Å². The average Bonchev–Trinajstić information content (AvgIpc) is 2.37. The van der Waals surface area contributed by atoms with Gasteiger partial charge >= 0.3 is 0 Å². The van der Waals surface area contributed by atoms with Gasteiger partial charge in [0.05, 0.1) is 0 Å². The van der Waals surface area contributed by atoms with E-state index in [9.17, 15) is 4.79 Å². The summed E-state index contributed by atoms with van der Waals surface area (Å²) in [5.41, 5.74) is 2.44. The minimum Gasteiger partial charge on any atom is -0.285 e. The van der Waals surface area contributed by atoms with Crippen LogP contribution in [0.25, 0.3) is 0 Å². The lowest BCUT2D eigenvalue weighted by atomic mass is 9.97. The first-order chi connectivity index (χ1) is 8.43. The van der Waals surface area contributed by atoms with Gasteiger partial charge in [-0.2, -0.15) is 0 Å². The predicted molar refractivity (Wildman–Crippen MR) is 84.4 cm³/mol. The molecule has 0 aromatic heterocycles. The van der Waals surface area contributed by atoms with Crippen LogP contribution in [0.5, 0.6) is 0 Å². The van der Waals surface area contributed by atoms with Gasteiger partial charge in [0.2, 0.25) is 5.12 Å². The molecule has 3 heteroatoms. The number of rotatable bonds is 5. The van der Waals surface area contributed by atoms with Crippen LogP contribution in [0.2, 0.25) is 0 Å². The van der Waals surface area contributed by atoms with Crippen LogP contribution in [0.4, 0.5) is 0 Å². The van der Waals surface area contributed by atoms with Crippen LogP contribution in [-0.4, -0.2) is 17.6 Å². The molecule has 1 nitrogen and oxygen atoms in total. The van der Waals surface area contributed by atoms with E-state index in [1.165, 1.54) is 17.3 Å². The van der Waals surface area contributed by atoms with Gasteiger partial charge < -0.3 is 0 Å². The van der Waals surface area contributed by atoms with Crippen LogP contribution in [0.3, 0.4) is 0 Å². The first kappa shape index (κ1) is 15.6. The van der Waals surface area contributed by atoms with Gasteiger partial charge in [-0.1, -0.05) is 49.9 Å². The van der Waals surface area contributed by atoms with Gasteiger partial charge in [-0.25, -0.2) is 0 Å². The summed E-state index contributed by atoms with van der Waals surface area (Å²) >= 11 is 2.91. The van der Waals surface area contributed by atoms with E-state index < -0.39 is 4.75 Å². The molecule has 1 rings (SSSR count). The summed E-state index contributed by atoms with van der Waals surface area (Å²) in [5, 5.41) is 0.214. The molecule has 0 unspecified atom stereocenters. The second-order valence-corrected chi connectivity index (χ2v) is 7.03. The van der Waals surface area contributed by atoms with Crippen LogP contribution >= 0.6 is 23.5 Å². The molecule has 0 fully saturated rings. The molecule has 0 N–H and O–H groups in total. The van der Waals surface area contributed by atoms with Crippen molar-refractivity contribution >= 4 is 28.6 Å². The van der Waals surface area contributed by atoms with Gasteiger partial charge in [0.25, 0.3) is 0 Å². The third kappa shape index (κ3) is 3.55. The van der Waals surface area contributed by atoms with Crippen LogP contribution in [0, 0.1) is 5.92 Å². The lowest BCUT2D eigenvalue weighted by molar-refractivity contribution is -0.112. The van der Waals surface area contributed by atoms with Gasteiger partial charge in [0.1, 0.15) is 4.75 Å². The summed E-state index contributed by atoms with van der Waals surface area (Å²) in [6.07, 6.45) is 4.94. The zero-order valence-corrected chi connectivity index (χ0v) is 13.5. The summed E-state index contributed by atoms with van der Waals surface area (Å²) in [6.45, 7) is 6.45. The molecule has 0 aliphatic heterocycles. The molecule has 0 aliphatic carbocycles. The summed E-state index contributed by atoms with van der Waals surface area (Å²) in [7, 11) is 0. The van der Waals surface area contributed by atoms with Crippen molar-refractivity contribution in [3.63, 3.8) is 0 Å². The Morgan fingerprint density at radius 1 is 1.22 bits per heavy atom. The van der Waals surface area contributed by atoms with Crippen LogP contribution < -0.4 is 0 Å². The maximum absolute atomic E-state index is 12.1. The number of thioether (sulfide) groups is 2. The molecule has 1 aromatic carbocycles. The molecule has 0 spiro atoms. The summed E-state index contributed by atoms with van der Waals surface area (Å²) in [6, 6.07) is 8.50. The molecule has 1 aromatic rings. The lowest BCUT2D eigenvalue weighted by Gasteiger charge is -2.25. The fourth-order valence-electron chi connectivity index (χ4n) is 1.94.